The van der Waals surface area contributed by atoms with Crippen molar-refractivity contribution < 1.29 is 38.9 Å². The number of rotatable bonds is 8. The van der Waals surface area contributed by atoms with Gasteiger partial charge in [-0.05, 0) is 22.3 Å². The topological polar surface area (TPSA) is 151 Å². The van der Waals surface area contributed by atoms with Gasteiger partial charge in [0.05, 0.1) is 0 Å². The number of hydrogen-bond donors (Lipinski definition) is 4. The SMILES string of the molecule is C=CCOC(=O)NCC(=O)O.O=C(O)CNC(=O)OCC1c2ccccc2-c2ccccc21. The van der Waals surface area contributed by atoms with E-state index in [0.29, 0.717) is 0 Å². The maximum Gasteiger partial charge on any atom is 0.407 e. The fourth-order valence-corrected chi connectivity index (χ4v) is 3.13. The third-order valence-electron chi connectivity index (χ3n) is 4.44. The molecule has 10 heteroatoms. The molecule has 2 aromatic rings. The number of benzene rings is 2. The van der Waals surface area contributed by atoms with E-state index in [1.165, 1.54) is 6.08 Å². The molecule has 1 aliphatic carbocycles. The number of ether oxygens (including phenoxy) is 2. The average molecular weight is 456 g/mol. The second-order valence-corrected chi connectivity index (χ2v) is 6.71. The van der Waals surface area contributed by atoms with Crippen LogP contribution in [0.25, 0.3) is 11.1 Å². The first-order valence-corrected chi connectivity index (χ1v) is 9.87. The highest BCUT2D eigenvalue weighted by atomic mass is 16.6. The largest absolute Gasteiger partial charge is 0.480 e. The zero-order chi connectivity index (χ0) is 24.2. The molecule has 174 valence electrons. The van der Waals surface area contributed by atoms with E-state index < -0.39 is 37.2 Å². The summed E-state index contributed by atoms with van der Waals surface area (Å²) in [7, 11) is 0. The molecule has 3 rings (SSSR count). The fourth-order valence-electron chi connectivity index (χ4n) is 3.13. The lowest BCUT2D eigenvalue weighted by atomic mass is 9.98. The van der Waals surface area contributed by atoms with Crippen LogP contribution in [-0.2, 0) is 19.1 Å². The van der Waals surface area contributed by atoms with Gasteiger partial charge in [-0.25, -0.2) is 9.59 Å². The monoisotopic (exact) mass is 456 g/mol. The molecule has 0 saturated carbocycles. The molecular weight excluding hydrogens is 432 g/mol. The predicted molar refractivity (Wildman–Crippen MR) is 118 cm³/mol. The second kappa shape index (κ2) is 12.5. The Kier molecular flexibility index (Phi) is 9.44. The van der Waals surface area contributed by atoms with Gasteiger partial charge in [0.15, 0.2) is 0 Å². The lowest BCUT2D eigenvalue weighted by Crippen LogP contribution is -2.30. The predicted octanol–water partition coefficient (Wildman–Crippen LogP) is 2.59. The highest BCUT2D eigenvalue weighted by Crippen LogP contribution is 2.44. The molecule has 0 saturated heterocycles. The van der Waals surface area contributed by atoms with Gasteiger partial charge in [0.1, 0.15) is 26.3 Å². The van der Waals surface area contributed by atoms with E-state index in [2.05, 4.69) is 28.8 Å². The van der Waals surface area contributed by atoms with E-state index in [0.717, 1.165) is 22.3 Å². The lowest BCUT2D eigenvalue weighted by Gasteiger charge is -2.14. The van der Waals surface area contributed by atoms with Crippen LogP contribution in [0.5, 0.6) is 0 Å². The van der Waals surface area contributed by atoms with Crippen molar-refractivity contribution in [2.24, 2.45) is 0 Å². The van der Waals surface area contributed by atoms with Gasteiger partial charge >= 0.3 is 24.1 Å². The van der Waals surface area contributed by atoms with E-state index in [-0.39, 0.29) is 19.1 Å². The Morgan fingerprint density at radius 3 is 1.73 bits per heavy atom. The summed E-state index contributed by atoms with van der Waals surface area (Å²) in [6.45, 7) is 2.68. The molecule has 0 fully saturated rings. The molecule has 10 nitrogen and oxygen atoms in total. The highest BCUT2D eigenvalue weighted by Gasteiger charge is 2.28. The van der Waals surface area contributed by atoms with E-state index >= 15 is 0 Å². The molecule has 2 aromatic carbocycles. The number of fused-ring (bicyclic) bond motifs is 3. The summed E-state index contributed by atoms with van der Waals surface area (Å²) in [6, 6.07) is 16.1. The van der Waals surface area contributed by atoms with Gasteiger partial charge in [-0.2, -0.15) is 0 Å². The summed E-state index contributed by atoms with van der Waals surface area (Å²) < 4.78 is 9.59. The number of carboxylic acid groups (broad SMARTS) is 2. The first-order valence-electron chi connectivity index (χ1n) is 9.87. The Hall–Kier alpha value is -4.34. The number of aliphatic carboxylic acids is 2. The minimum absolute atomic E-state index is 0.0250. The fraction of sp³-hybridized carbons (Fsp3) is 0.217. The standard InChI is InChI=1S/C17H15NO4.C6H9NO4/c19-16(20)9-18-17(21)22-10-15-13-7-3-1-5-11(13)12-6-2-4-8-14(12)15;1-2-3-11-6(10)7-4-5(8)9/h1-8,15H,9-10H2,(H,18,21)(H,19,20);2H,1,3-4H2,(H,7,10)(H,8,9). The van der Waals surface area contributed by atoms with Crippen molar-refractivity contribution in [3.05, 3.63) is 72.3 Å². The lowest BCUT2D eigenvalue weighted by molar-refractivity contribution is -0.136. The Balaban J connectivity index is 0.000000299. The Morgan fingerprint density at radius 1 is 0.818 bits per heavy atom. The van der Waals surface area contributed by atoms with E-state index in [4.69, 9.17) is 14.9 Å². The van der Waals surface area contributed by atoms with Gasteiger partial charge in [0, 0.05) is 5.92 Å². The normalized spacial score (nSPS) is 11.0. The van der Waals surface area contributed by atoms with Gasteiger partial charge in [-0.1, -0.05) is 61.2 Å². The smallest absolute Gasteiger partial charge is 0.407 e. The molecule has 0 heterocycles. The maximum atomic E-state index is 11.5. The Morgan fingerprint density at radius 2 is 1.27 bits per heavy atom. The van der Waals surface area contributed by atoms with Crippen molar-refractivity contribution in [1.82, 2.24) is 10.6 Å². The van der Waals surface area contributed by atoms with Crippen LogP contribution in [0.15, 0.2) is 61.2 Å². The molecule has 0 bridgehead atoms. The molecule has 0 unspecified atom stereocenters. The van der Waals surface area contributed by atoms with Gasteiger partial charge in [0.25, 0.3) is 0 Å². The molecule has 33 heavy (non-hydrogen) atoms. The minimum atomic E-state index is -1.11. The van der Waals surface area contributed by atoms with Crippen LogP contribution in [0.2, 0.25) is 0 Å². The first kappa shape index (κ1) is 24.9. The van der Waals surface area contributed by atoms with Gasteiger partial charge in [0.2, 0.25) is 0 Å². The molecule has 4 N–H and O–H groups in total. The number of amides is 2. The number of nitrogens with one attached hydrogen (secondary N) is 2. The van der Waals surface area contributed by atoms with E-state index in [1.807, 2.05) is 41.7 Å². The van der Waals surface area contributed by atoms with Crippen molar-refractivity contribution in [3.8, 4) is 11.1 Å². The van der Waals surface area contributed by atoms with E-state index in [1.54, 1.807) is 0 Å². The molecule has 2 amide bonds. The van der Waals surface area contributed by atoms with Crippen molar-refractivity contribution in [2.45, 2.75) is 5.92 Å². The van der Waals surface area contributed by atoms with Crippen molar-refractivity contribution in [2.75, 3.05) is 26.3 Å². The molecular formula is C23H24N2O8. The molecule has 1 aliphatic rings. The van der Waals surface area contributed by atoms with E-state index in [9.17, 15) is 19.2 Å². The van der Waals surface area contributed by atoms with Crippen molar-refractivity contribution in [1.29, 1.82) is 0 Å². The zero-order valence-electron chi connectivity index (χ0n) is 17.7. The van der Waals surface area contributed by atoms with Crippen LogP contribution in [0.1, 0.15) is 17.0 Å². The van der Waals surface area contributed by atoms with Crippen LogP contribution < -0.4 is 10.6 Å². The number of carboxylic acids is 2. The third-order valence-corrected chi connectivity index (χ3v) is 4.44. The Bertz CT molecular complexity index is 976. The quantitative estimate of drug-likeness (QED) is 0.443. The highest BCUT2D eigenvalue weighted by molar-refractivity contribution is 5.79. The molecule has 0 atom stereocenters. The van der Waals surface area contributed by atoms with Gasteiger partial charge in [-0.3, -0.25) is 9.59 Å². The first-order chi connectivity index (χ1) is 15.8. The summed E-state index contributed by atoms with van der Waals surface area (Å²) in [5.41, 5.74) is 4.54. The number of carbonyl (C=O) groups is 4. The summed E-state index contributed by atoms with van der Waals surface area (Å²) in [4.78, 5) is 42.3. The summed E-state index contributed by atoms with van der Waals surface area (Å²) >= 11 is 0. The molecule has 0 spiro atoms. The number of carbonyl (C=O) groups excluding carboxylic acids is 2. The minimum Gasteiger partial charge on any atom is -0.480 e. The maximum absolute atomic E-state index is 11.5. The molecule has 0 radical (unpaired) electrons. The summed E-state index contributed by atoms with van der Waals surface area (Å²) in [5.74, 6) is -2.24. The van der Waals surface area contributed by atoms with Crippen molar-refractivity contribution in [3.63, 3.8) is 0 Å². The zero-order valence-corrected chi connectivity index (χ0v) is 17.7. The van der Waals surface area contributed by atoms with Gasteiger partial charge in [-0.15, -0.1) is 0 Å². The van der Waals surface area contributed by atoms with Crippen LogP contribution in [0, 0.1) is 0 Å². The number of alkyl carbamates (subject to hydrolysis) is 2. The molecule has 0 aliphatic heterocycles. The van der Waals surface area contributed by atoms with Crippen LogP contribution in [-0.4, -0.2) is 60.6 Å². The molecule has 0 aromatic heterocycles. The van der Waals surface area contributed by atoms with Crippen LogP contribution in [0.3, 0.4) is 0 Å². The van der Waals surface area contributed by atoms with Crippen LogP contribution >= 0.6 is 0 Å². The van der Waals surface area contributed by atoms with Crippen LogP contribution in [0.4, 0.5) is 9.59 Å². The Labute approximate surface area is 189 Å². The second-order valence-electron chi connectivity index (χ2n) is 6.71. The summed E-state index contributed by atoms with van der Waals surface area (Å²) in [5, 5.41) is 20.8. The number of hydrogen-bond acceptors (Lipinski definition) is 6. The average Bonchev–Trinajstić information content (AvgIpc) is 3.13. The summed E-state index contributed by atoms with van der Waals surface area (Å²) in [6.07, 6.45) is -0.0862. The third kappa shape index (κ3) is 7.69. The van der Waals surface area contributed by atoms with Gasteiger partial charge < -0.3 is 30.3 Å². The van der Waals surface area contributed by atoms with Crippen molar-refractivity contribution >= 4 is 24.1 Å².